The molecule has 5 nitrogen and oxygen atoms in total. The maximum Gasteiger partial charge on any atom is 0.305 e. The predicted molar refractivity (Wildman–Crippen MR) is 56.1 cm³/mol. The summed E-state index contributed by atoms with van der Waals surface area (Å²) in [6.07, 6.45) is 2.20. The summed E-state index contributed by atoms with van der Waals surface area (Å²) in [5, 5.41) is 0. The molecule has 1 rings (SSSR count). The lowest BCUT2D eigenvalue weighted by Crippen LogP contribution is -2.35. The van der Waals surface area contributed by atoms with E-state index >= 15 is 0 Å². The highest BCUT2D eigenvalue weighted by molar-refractivity contribution is 7.72. The number of rotatable bonds is 4. The summed E-state index contributed by atoms with van der Waals surface area (Å²) in [5.41, 5.74) is 0. The number of methoxy groups -OCH3 is 1. The first-order valence-corrected chi connectivity index (χ1v) is 6.39. The van der Waals surface area contributed by atoms with Crippen molar-refractivity contribution in [2.24, 2.45) is 5.92 Å². The molecule has 1 aliphatic heterocycles. The number of piperidine rings is 1. The molecule has 15 heavy (non-hydrogen) atoms. The Labute approximate surface area is 91.3 Å². The lowest BCUT2D eigenvalue weighted by Gasteiger charge is -2.29. The molecule has 88 valence electrons. The van der Waals surface area contributed by atoms with Crippen LogP contribution in [0, 0.1) is 5.92 Å². The highest BCUT2D eigenvalue weighted by atomic mass is 32.2. The van der Waals surface area contributed by atoms with Gasteiger partial charge in [0.05, 0.1) is 13.0 Å². The van der Waals surface area contributed by atoms with Crippen LogP contribution in [0.25, 0.3) is 0 Å². The topological polar surface area (TPSA) is 63.7 Å². The molecule has 0 radical (unpaired) electrons. The third-order valence-electron chi connectivity index (χ3n) is 2.71. The number of carbonyl (C=O) groups excluding carboxylic acids is 1. The van der Waals surface area contributed by atoms with E-state index < -0.39 is 10.7 Å². The number of hydrogen-bond donors (Lipinski definition) is 1. The van der Waals surface area contributed by atoms with E-state index in [2.05, 4.69) is 4.74 Å². The largest absolute Gasteiger partial charge is 0.469 e. The number of carbonyl (C=O) groups is 1. The highest BCUT2D eigenvalue weighted by Gasteiger charge is 2.21. The number of ether oxygens (including phenoxy) is 1. The molecule has 1 aliphatic rings. The zero-order chi connectivity index (χ0) is 11.3. The minimum absolute atomic E-state index is 0.139. The lowest BCUT2D eigenvalue weighted by atomic mass is 9.94. The molecule has 0 aromatic carbocycles. The van der Waals surface area contributed by atoms with Crippen LogP contribution < -0.4 is 0 Å². The van der Waals surface area contributed by atoms with E-state index in [1.807, 2.05) is 4.90 Å². The molecule has 0 unspecified atom stereocenters. The van der Waals surface area contributed by atoms with Crippen LogP contribution in [0.1, 0.15) is 19.3 Å². The fraction of sp³-hybridized carbons (Fsp3) is 0.889. The monoisotopic (exact) mass is 235 g/mol. The molecule has 0 aromatic heterocycles. The Kier molecular flexibility index (Phi) is 5.04. The summed E-state index contributed by atoms with van der Waals surface area (Å²) in [5.74, 6) is 0.307. The molecule has 6 heteroatoms. The minimum Gasteiger partial charge on any atom is -0.469 e. The molecule has 1 saturated heterocycles. The Morgan fingerprint density at radius 2 is 2.00 bits per heavy atom. The van der Waals surface area contributed by atoms with Crippen molar-refractivity contribution in [2.75, 3.05) is 26.1 Å². The molecular weight excluding hydrogens is 218 g/mol. The molecule has 0 aliphatic carbocycles. The van der Waals surface area contributed by atoms with Gasteiger partial charge in [0.1, 0.15) is 0 Å². The Bertz CT molecular complexity index is 274. The van der Waals surface area contributed by atoms with Gasteiger partial charge >= 0.3 is 5.97 Å². The summed E-state index contributed by atoms with van der Waals surface area (Å²) >= 11 is 0. The molecule has 0 bridgehead atoms. The average Bonchev–Trinajstić information content (AvgIpc) is 2.20. The van der Waals surface area contributed by atoms with Gasteiger partial charge in [-0.15, -0.1) is 0 Å². The summed E-state index contributed by atoms with van der Waals surface area (Å²) in [7, 11) is -0.935. The Morgan fingerprint density at radius 1 is 1.40 bits per heavy atom. The van der Waals surface area contributed by atoms with Gasteiger partial charge in [-0.05, 0) is 31.8 Å². The second kappa shape index (κ2) is 6.07. The number of thiol groups is 1. The highest BCUT2D eigenvalue weighted by Crippen LogP contribution is 2.20. The Morgan fingerprint density at radius 3 is 2.47 bits per heavy atom. The summed E-state index contributed by atoms with van der Waals surface area (Å²) in [4.78, 5) is 12.9. The molecule has 1 heterocycles. The second-order valence-corrected chi connectivity index (χ2v) is 4.76. The number of esters is 1. The predicted octanol–water partition coefficient (Wildman–Crippen LogP) is -0.170. The van der Waals surface area contributed by atoms with Crippen LogP contribution in [-0.2, 0) is 20.2 Å². The van der Waals surface area contributed by atoms with Gasteiger partial charge < -0.3 is 4.74 Å². The van der Waals surface area contributed by atoms with Gasteiger partial charge in [-0.3, -0.25) is 9.69 Å². The quantitative estimate of drug-likeness (QED) is 0.541. The maximum absolute atomic E-state index is 11.0. The lowest BCUT2D eigenvalue weighted by molar-refractivity contribution is -0.142. The van der Waals surface area contributed by atoms with Crippen molar-refractivity contribution in [3.05, 3.63) is 0 Å². The number of hydrogen-bond acceptors (Lipinski definition) is 5. The van der Waals surface area contributed by atoms with E-state index in [1.165, 1.54) is 7.11 Å². The normalized spacial score (nSPS) is 19.3. The van der Waals surface area contributed by atoms with E-state index in [0.717, 1.165) is 25.9 Å². The van der Waals surface area contributed by atoms with Crippen LogP contribution in [-0.4, -0.2) is 45.4 Å². The minimum atomic E-state index is -2.32. The van der Waals surface area contributed by atoms with Gasteiger partial charge in [0.25, 0.3) is 0 Å². The zero-order valence-corrected chi connectivity index (χ0v) is 9.74. The summed E-state index contributed by atoms with van der Waals surface area (Å²) in [6, 6.07) is 0. The summed E-state index contributed by atoms with van der Waals surface area (Å²) < 4.78 is 25.6. The van der Waals surface area contributed by atoms with E-state index in [-0.39, 0.29) is 11.8 Å². The first-order valence-electron chi connectivity index (χ1n) is 5.02. The van der Waals surface area contributed by atoms with Crippen LogP contribution in [0.2, 0.25) is 0 Å². The molecule has 0 atom stereocenters. The van der Waals surface area contributed by atoms with Crippen molar-refractivity contribution in [2.45, 2.75) is 19.3 Å². The van der Waals surface area contributed by atoms with Gasteiger partial charge in [-0.1, -0.05) is 0 Å². The van der Waals surface area contributed by atoms with Crippen molar-refractivity contribution in [1.82, 2.24) is 4.90 Å². The van der Waals surface area contributed by atoms with Gasteiger partial charge in [0.2, 0.25) is 0 Å². The smallest absolute Gasteiger partial charge is 0.305 e. The van der Waals surface area contributed by atoms with E-state index in [0.29, 0.717) is 12.3 Å². The second-order valence-electron chi connectivity index (χ2n) is 3.82. The number of nitrogens with zero attached hydrogens (tertiary/aromatic N) is 1. The third kappa shape index (κ3) is 4.61. The van der Waals surface area contributed by atoms with Gasteiger partial charge in [0, 0.05) is 6.42 Å². The van der Waals surface area contributed by atoms with Gasteiger partial charge in [-0.2, -0.15) is 0 Å². The Balaban J connectivity index is 2.26. The maximum atomic E-state index is 11.0. The first-order chi connectivity index (χ1) is 7.11. The van der Waals surface area contributed by atoms with E-state index in [4.69, 9.17) is 0 Å². The summed E-state index contributed by atoms with van der Waals surface area (Å²) in [6.45, 7) is 1.51. The average molecular weight is 235 g/mol. The molecule has 0 spiro atoms. The van der Waals surface area contributed by atoms with E-state index in [9.17, 15) is 13.2 Å². The van der Waals surface area contributed by atoms with Crippen molar-refractivity contribution in [1.29, 1.82) is 0 Å². The van der Waals surface area contributed by atoms with Gasteiger partial charge in [-0.25, -0.2) is 8.42 Å². The standard InChI is InChI=1S/C9H17NO4S/c1-14-9(11)6-8-2-4-10(5-3-8)7-15(12)13/h8,15H,2-7H2,1H3. The Hall–Kier alpha value is -0.620. The van der Waals surface area contributed by atoms with E-state index in [1.54, 1.807) is 0 Å². The first kappa shape index (κ1) is 12.4. The fourth-order valence-corrected chi connectivity index (χ4v) is 2.42. The molecular formula is C9H17NO4S. The van der Waals surface area contributed by atoms with Crippen molar-refractivity contribution < 1.29 is 17.9 Å². The van der Waals surface area contributed by atoms with Crippen LogP contribution in [0.5, 0.6) is 0 Å². The SMILES string of the molecule is COC(=O)CC1CCN(C[SH](=O)=O)CC1. The van der Waals surface area contributed by atoms with Gasteiger partial charge in [0.15, 0.2) is 10.7 Å². The molecule has 1 fully saturated rings. The fourth-order valence-electron chi connectivity index (χ4n) is 1.81. The van der Waals surface area contributed by atoms with Crippen molar-refractivity contribution in [3.63, 3.8) is 0 Å². The molecule has 0 saturated carbocycles. The zero-order valence-electron chi connectivity index (χ0n) is 8.85. The van der Waals surface area contributed by atoms with Crippen molar-refractivity contribution >= 4 is 16.7 Å². The molecule has 0 aromatic rings. The molecule has 0 amide bonds. The van der Waals surface area contributed by atoms with Crippen molar-refractivity contribution in [3.8, 4) is 0 Å². The van der Waals surface area contributed by atoms with Crippen LogP contribution >= 0.6 is 0 Å². The third-order valence-corrected chi connectivity index (χ3v) is 3.34. The van der Waals surface area contributed by atoms with Crippen LogP contribution in [0.15, 0.2) is 0 Å². The molecule has 0 N–H and O–H groups in total. The van der Waals surface area contributed by atoms with Crippen LogP contribution in [0.4, 0.5) is 0 Å². The van der Waals surface area contributed by atoms with Crippen LogP contribution in [0.3, 0.4) is 0 Å². The number of likely N-dealkylation sites (tertiary alicyclic amines) is 1.